The highest BCUT2D eigenvalue weighted by molar-refractivity contribution is 9.10. The van der Waals surface area contributed by atoms with Crippen molar-refractivity contribution in [2.24, 2.45) is 5.10 Å². The number of nitrogens with zero attached hydrogens (tertiary/aromatic N) is 2. The molecule has 9 nitrogen and oxygen atoms in total. The number of benzene rings is 1. The Labute approximate surface area is 138 Å². The number of nitrogens with one attached hydrogen (secondary N) is 4. The number of halogens is 1. The number of amides is 1. The quantitative estimate of drug-likeness (QED) is 0.419. The number of carbonyl (C=O) groups excluding carboxylic acids is 1. The fourth-order valence-corrected chi connectivity index (χ4v) is 2.00. The molecule has 10 heteroatoms. The average Bonchev–Trinajstić information content (AvgIpc) is 2.49. The van der Waals surface area contributed by atoms with E-state index < -0.39 is 11.2 Å². The van der Waals surface area contributed by atoms with Crippen molar-refractivity contribution in [3.63, 3.8) is 0 Å². The summed E-state index contributed by atoms with van der Waals surface area (Å²) in [5, 5.41) is 12.1. The molecule has 1 amide bonds. The van der Waals surface area contributed by atoms with Crippen molar-refractivity contribution in [2.75, 3.05) is 11.9 Å². The smallest absolute Gasteiger partial charge is 0.342 e. The van der Waals surface area contributed by atoms with Crippen molar-refractivity contribution in [3.8, 4) is 0 Å². The van der Waals surface area contributed by atoms with Crippen LogP contribution in [0.15, 0.2) is 43.4 Å². The summed E-state index contributed by atoms with van der Waals surface area (Å²) in [6, 6.07) is 7.43. The van der Waals surface area contributed by atoms with Gasteiger partial charge in [-0.25, -0.2) is 15.3 Å². The van der Waals surface area contributed by atoms with Gasteiger partial charge < -0.3 is 5.32 Å². The van der Waals surface area contributed by atoms with E-state index in [1.54, 1.807) is 0 Å². The number of anilines is 1. The Balaban J connectivity index is 1.77. The van der Waals surface area contributed by atoms with E-state index in [0.717, 1.165) is 10.0 Å². The number of H-pyrrole nitrogens is 2. The van der Waals surface area contributed by atoms with Crippen LogP contribution in [0.3, 0.4) is 0 Å². The average molecular weight is 381 g/mol. The molecule has 2 rings (SSSR count). The number of aromatic nitrogens is 3. The molecule has 0 saturated carbocycles. The predicted octanol–water partition coefficient (Wildman–Crippen LogP) is 0.173. The molecule has 0 atom stereocenters. The highest BCUT2D eigenvalue weighted by atomic mass is 79.9. The molecular formula is C13H13BrN6O3. The lowest BCUT2D eigenvalue weighted by Gasteiger charge is -2.02. The summed E-state index contributed by atoms with van der Waals surface area (Å²) in [4.78, 5) is 35.7. The zero-order valence-corrected chi connectivity index (χ0v) is 13.4. The number of hydrogen-bond donors (Lipinski definition) is 4. The van der Waals surface area contributed by atoms with E-state index in [4.69, 9.17) is 0 Å². The van der Waals surface area contributed by atoms with Gasteiger partial charge in [0.2, 0.25) is 11.7 Å². The first-order valence-corrected chi connectivity index (χ1v) is 7.34. The molecular weight excluding hydrogens is 368 g/mol. The van der Waals surface area contributed by atoms with Gasteiger partial charge in [-0.1, -0.05) is 28.1 Å². The third kappa shape index (κ3) is 5.51. The molecule has 23 heavy (non-hydrogen) atoms. The molecule has 0 spiro atoms. The second-order valence-electron chi connectivity index (χ2n) is 4.38. The monoisotopic (exact) mass is 380 g/mol. The van der Waals surface area contributed by atoms with Gasteiger partial charge in [-0.05, 0) is 17.7 Å². The minimum atomic E-state index is -0.694. The Hall–Kier alpha value is -2.75. The van der Waals surface area contributed by atoms with Crippen molar-refractivity contribution in [1.82, 2.24) is 20.6 Å². The third-order valence-corrected chi connectivity index (χ3v) is 3.10. The second-order valence-corrected chi connectivity index (χ2v) is 5.30. The maximum absolute atomic E-state index is 11.6. The maximum Gasteiger partial charge on any atom is 0.342 e. The molecule has 1 aromatic carbocycles. The minimum Gasteiger partial charge on any atom is -0.364 e. The van der Waals surface area contributed by atoms with Gasteiger partial charge in [0.15, 0.2) is 0 Å². The zero-order valence-electron chi connectivity index (χ0n) is 11.8. The summed E-state index contributed by atoms with van der Waals surface area (Å²) in [5.41, 5.74) is 1.86. The lowest BCUT2D eigenvalue weighted by molar-refractivity contribution is -0.120. The van der Waals surface area contributed by atoms with Gasteiger partial charge in [-0.3, -0.25) is 14.6 Å². The Morgan fingerprint density at radius 2 is 2.22 bits per heavy atom. The summed E-state index contributed by atoms with van der Waals surface area (Å²) < 4.78 is 0.913. The number of rotatable bonds is 6. The summed E-state index contributed by atoms with van der Waals surface area (Å²) in [5.74, 6) is -0.389. The van der Waals surface area contributed by atoms with Crippen LogP contribution in [0.2, 0.25) is 0 Å². The van der Waals surface area contributed by atoms with E-state index in [0.29, 0.717) is 0 Å². The largest absolute Gasteiger partial charge is 0.364 e. The molecule has 0 aliphatic carbocycles. The van der Waals surface area contributed by atoms with Gasteiger partial charge in [-0.15, -0.1) is 5.10 Å². The molecule has 0 bridgehead atoms. The molecule has 0 saturated heterocycles. The standard InChI is InChI=1S/C13H13BrN6O3/c14-9-3-1-2-8(6-9)7-16-18-10(21)4-5-15-11-12(22)17-13(23)20-19-11/h1-3,6-7H,4-5H2,(H,15,19)(H,18,21)(H2,17,20,22,23)/b16-7+. The van der Waals surface area contributed by atoms with Gasteiger partial charge in [0.25, 0.3) is 5.56 Å². The number of hydrogen-bond acceptors (Lipinski definition) is 6. The summed E-state index contributed by atoms with van der Waals surface area (Å²) in [7, 11) is 0. The Morgan fingerprint density at radius 1 is 1.39 bits per heavy atom. The van der Waals surface area contributed by atoms with Crippen LogP contribution in [-0.2, 0) is 4.79 Å². The lowest BCUT2D eigenvalue weighted by Crippen LogP contribution is -2.28. The first kappa shape index (κ1) is 16.6. The lowest BCUT2D eigenvalue weighted by atomic mass is 10.2. The SMILES string of the molecule is O=C(CCNc1n[nH]c(=O)[nH]c1=O)N/N=C/c1cccc(Br)c1. The predicted molar refractivity (Wildman–Crippen MR) is 88.5 cm³/mol. The van der Waals surface area contributed by atoms with Crippen molar-refractivity contribution >= 4 is 33.9 Å². The number of hydrazone groups is 1. The van der Waals surface area contributed by atoms with Gasteiger partial charge in [-0.2, -0.15) is 5.10 Å². The van der Waals surface area contributed by atoms with E-state index >= 15 is 0 Å². The van der Waals surface area contributed by atoms with Crippen molar-refractivity contribution in [1.29, 1.82) is 0 Å². The molecule has 1 heterocycles. The topological polar surface area (TPSA) is 132 Å². The molecule has 0 unspecified atom stereocenters. The van der Waals surface area contributed by atoms with Gasteiger partial charge in [0.05, 0.1) is 6.21 Å². The summed E-state index contributed by atoms with van der Waals surface area (Å²) in [6.07, 6.45) is 1.60. The van der Waals surface area contributed by atoms with E-state index in [-0.39, 0.29) is 24.7 Å². The molecule has 2 aromatic rings. The summed E-state index contributed by atoms with van der Waals surface area (Å²) >= 11 is 3.34. The molecule has 0 radical (unpaired) electrons. The van der Waals surface area contributed by atoms with Crippen LogP contribution in [0.5, 0.6) is 0 Å². The molecule has 0 aliphatic rings. The number of carbonyl (C=O) groups is 1. The Kier molecular flexibility index (Phi) is 5.80. The fraction of sp³-hybridized carbons (Fsp3) is 0.154. The third-order valence-electron chi connectivity index (χ3n) is 2.61. The highest BCUT2D eigenvalue weighted by Crippen LogP contribution is 2.09. The molecule has 4 N–H and O–H groups in total. The van der Waals surface area contributed by atoms with Crippen molar-refractivity contribution in [3.05, 3.63) is 55.1 Å². The first-order chi connectivity index (χ1) is 11.0. The normalized spacial score (nSPS) is 10.7. The van der Waals surface area contributed by atoms with Crippen LogP contribution >= 0.6 is 15.9 Å². The van der Waals surface area contributed by atoms with Crippen LogP contribution in [0, 0.1) is 0 Å². The van der Waals surface area contributed by atoms with E-state index in [1.807, 2.05) is 29.2 Å². The first-order valence-electron chi connectivity index (χ1n) is 6.55. The van der Waals surface area contributed by atoms with Crippen LogP contribution in [0.4, 0.5) is 5.82 Å². The van der Waals surface area contributed by atoms with E-state index in [1.165, 1.54) is 6.21 Å². The zero-order chi connectivity index (χ0) is 16.7. The van der Waals surface area contributed by atoms with Gasteiger partial charge in [0, 0.05) is 17.4 Å². The Morgan fingerprint density at radius 3 is 2.96 bits per heavy atom. The maximum atomic E-state index is 11.6. The molecule has 1 aromatic heterocycles. The molecule has 0 aliphatic heterocycles. The number of aromatic amines is 2. The summed E-state index contributed by atoms with van der Waals surface area (Å²) in [6.45, 7) is 0.167. The van der Waals surface area contributed by atoms with Crippen LogP contribution in [-0.4, -0.2) is 33.8 Å². The van der Waals surface area contributed by atoms with E-state index in [9.17, 15) is 14.4 Å². The van der Waals surface area contributed by atoms with Gasteiger partial charge >= 0.3 is 5.69 Å². The fourth-order valence-electron chi connectivity index (χ4n) is 1.58. The highest BCUT2D eigenvalue weighted by Gasteiger charge is 2.03. The molecule has 120 valence electrons. The van der Waals surface area contributed by atoms with Crippen molar-refractivity contribution in [2.45, 2.75) is 6.42 Å². The Bertz CT molecular complexity index is 829. The van der Waals surface area contributed by atoms with Crippen LogP contribution < -0.4 is 22.0 Å². The second kappa shape index (κ2) is 8.03. The minimum absolute atomic E-state index is 0.0602. The van der Waals surface area contributed by atoms with Crippen LogP contribution in [0.25, 0.3) is 0 Å². The van der Waals surface area contributed by atoms with E-state index in [2.05, 4.69) is 42.0 Å². The van der Waals surface area contributed by atoms with Crippen molar-refractivity contribution < 1.29 is 4.79 Å². The molecule has 0 fully saturated rings. The van der Waals surface area contributed by atoms with Gasteiger partial charge in [0.1, 0.15) is 0 Å². The van der Waals surface area contributed by atoms with Crippen LogP contribution in [0.1, 0.15) is 12.0 Å².